The first-order valence-corrected chi connectivity index (χ1v) is 7.62. The molecule has 2 fully saturated rings. The molecule has 0 aromatic carbocycles. The summed E-state index contributed by atoms with van der Waals surface area (Å²) in [5.74, 6) is -0.146. The molecule has 1 aliphatic heterocycles. The zero-order valence-corrected chi connectivity index (χ0v) is 12.7. The maximum absolute atomic E-state index is 12.1. The lowest BCUT2D eigenvalue weighted by atomic mass is 9.94. The van der Waals surface area contributed by atoms with Crippen LogP contribution in [0.4, 0.5) is 0 Å². The summed E-state index contributed by atoms with van der Waals surface area (Å²) in [6.45, 7) is 6.95. The Bertz CT molecular complexity index is 395. The Kier molecular flexibility index (Phi) is 4.37. The summed E-state index contributed by atoms with van der Waals surface area (Å²) < 4.78 is 0. The molecule has 20 heavy (non-hydrogen) atoms. The van der Waals surface area contributed by atoms with Crippen LogP contribution in [-0.4, -0.2) is 46.6 Å². The lowest BCUT2D eigenvalue weighted by molar-refractivity contribution is -0.144. The normalized spacial score (nSPS) is 30.2. The summed E-state index contributed by atoms with van der Waals surface area (Å²) >= 11 is 0. The number of carbonyl (C=O) groups excluding carboxylic acids is 1. The van der Waals surface area contributed by atoms with Crippen molar-refractivity contribution in [2.75, 3.05) is 13.1 Å². The minimum Gasteiger partial charge on any atom is -0.480 e. The van der Waals surface area contributed by atoms with Gasteiger partial charge in [-0.3, -0.25) is 14.5 Å². The number of likely N-dealkylation sites (tertiary alicyclic amines) is 1. The van der Waals surface area contributed by atoms with Crippen molar-refractivity contribution >= 4 is 11.9 Å². The molecular formula is C15H26N2O3. The van der Waals surface area contributed by atoms with Crippen LogP contribution in [0.3, 0.4) is 0 Å². The molecule has 1 saturated carbocycles. The Labute approximate surface area is 120 Å². The van der Waals surface area contributed by atoms with E-state index in [1.165, 1.54) is 0 Å². The van der Waals surface area contributed by atoms with Crippen molar-refractivity contribution in [2.24, 2.45) is 11.8 Å². The van der Waals surface area contributed by atoms with Crippen molar-refractivity contribution in [2.45, 2.75) is 58.0 Å². The van der Waals surface area contributed by atoms with Crippen LogP contribution < -0.4 is 5.32 Å². The zero-order valence-electron chi connectivity index (χ0n) is 12.7. The highest BCUT2D eigenvalue weighted by molar-refractivity contribution is 5.81. The van der Waals surface area contributed by atoms with Crippen LogP contribution in [0.5, 0.6) is 0 Å². The molecule has 2 N–H and O–H groups in total. The Morgan fingerprint density at radius 3 is 2.65 bits per heavy atom. The molecule has 0 spiro atoms. The molecule has 2 rings (SSSR count). The standard InChI is InChI=1S/C15H26N2O3/c1-4-15(2,3)16-12(18)9-17-8-10-6-5-7-11(10)13(17)14(19)20/h10-11,13H,4-9H2,1-3H3,(H,16,18)(H,19,20). The smallest absolute Gasteiger partial charge is 0.321 e. The van der Waals surface area contributed by atoms with E-state index < -0.39 is 12.0 Å². The van der Waals surface area contributed by atoms with Crippen molar-refractivity contribution in [3.63, 3.8) is 0 Å². The van der Waals surface area contributed by atoms with Gasteiger partial charge in [0.1, 0.15) is 6.04 Å². The van der Waals surface area contributed by atoms with Gasteiger partial charge in [0, 0.05) is 12.1 Å². The largest absolute Gasteiger partial charge is 0.480 e. The second-order valence-corrected chi connectivity index (χ2v) is 6.85. The number of carboxylic acids is 1. The predicted octanol–water partition coefficient (Wildman–Crippen LogP) is 1.48. The summed E-state index contributed by atoms with van der Waals surface area (Å²) in [5.41, 5.74) is -0.231. The minimum absolute atomic E-state index is 0.0666. The molecule has 114 valence electrons. The predicted molar refractivity (Wildman–Crippen MR) is 76.3 cm³/mol. The molecule has 1 saturated heterocycles. The lowest BCUT2D eigenvalue weighted by Gasteiger charge is -2.28. The number of hydrogen-bond donors (Lipinski definition) is 2. The fourth-order valence-electron chi connectivity index (χ4n) is 3.59. The summed E-state index contributed by atoms with van der Waals surface area (Å²) in [4.78, 5) is 25.5. The van der Waals surface area contributed by atoms with E-state index in [-0.39, 0.29) is 23.9 Å². The van der Waals surface area contributed by atoms with Crippen molar-refractivity contribution < 1.29 is 14.7 Å². The van der Waals surface area contributed by atoms with E-state index in [0.29, 0.717) is 5.92 Å². The topological polar surface area (TPSA) is 69.6 Å². The number of aliphatic carboxylic acids is 1. The number of fused-ring (bicyclic) bond motifs is 1. The van der Waals surface area contributed by atoms with E-state index in [9.17, 15) is 14.7 Å². The quantitative estimate of drug-likeness (QED) is 0.801. The molecule has 1 heterocycles. The number of rotatable bonds is 5. The van der Waals surface area contributed by atoms with E-state index in [4.69, 9.17) is 0 Å². The highest BCUT2D eigenvalue weighted by atomic mass is 16.4. The molecule has 0 aromatic heterocycles. The molecule has 3 atom stereocenters. The third-order valence-corrected chi connectivity index (χ3v) is 4.95. The summed E-state index contributed by atoms with van der Waals surface area (Å²) in [7, 11) is 0. The fourth-order valence-corrected chi connectivity index (χ4v) is 3.59. The molecule has 1 aliphatic carbocycles. The van der Waals surface area contributed by atoms with Gasteiger partial charge in [-0.2, -0.15) is 0 Å². The van der Waals surface area contributed by atoms with Crippen molar-refractivity contribution in [1.82, 2.24) is 10.2 Å². The maximum atomic E-state index is 12.1. The van der Waals surface area contributed by atoms with Crippen LogP contribution in [0.1, 0.15) is 46.5 Å². The summed E-state index contributed by atoms with van der Waals surface area (Å²) in [6.07, 6.45) is 4.07. The molecule has 0 aromatic rings. The molecule has 3 unspecified atom stereocenters. The number of carbonyl (C=O) groups is 2. The average Bonchev–Trinajstić information content (AvgIpc) is 2.87. The van der Waals surface area contributed by atoms with Gasteiger partial charge in [0.05, 0.1) is 6.54 Å². The third kappa shape index (κ3) is 3.14. The van der Waals surface area contributed by atoms with E-state index in [1.807, 2.05) is 25.7 Å². The first kappa shape index (κ1) is 15.3. The van der Waals surface area contributed by atoms with Gasteiger partial charge in [0.25, 0.3) is 0 Å². The van der Waals surface area contributed by atoms with Gasteiger partial charge in [-0.05, 0) is 44.9 Å². The fraction of sp³-hybridized carbons (Fsp3) is 0.867. The lowest BCUT2D eigenvalue weighted by Crippen LogP contribution is -2.50. The van der Waals surface area contributed by atoms with Gasteiger partial charge in [0.15, 0.2) is 0 Å². The molecule has 2 aliphatic rings. The number of nitrogens with zero attached hydrogens (tertiary/aromatic N) is 1. The minimum atomic E-state index is -0.776. The number of hydrogen-bond acceptors (Lipinski definition) is 3. The number of amides is 1. The Morgan fingerprint density at radius 1 is 1.35 bits per heavy atom. The van der Waals surface area contributed by atoms with E-state index in [1.54, 1.807) is 0 Å². The van der Waals surface area contributed by atoms with Crippen molar-refractivity contribution in [3.05, 3.63) is 0 Å². The average molecular weight is 282 g/mol. The van der Waals surface area contributed by atoms with Gasteiger partial charge < -0.3 is 10.4 Å². The van der Waals surface area contributed by atoms with Crippen LogP contribution in [0.2, 0.25) is 0 Å². The van der Waals surface area contributed by atoms with E-state index in [0.717, 1.165) is 32.2 Å². The Balaban J connectivity index is 1.98. The van der Waals surface area contributed by atoms with Crippen LogP contribution in [0.15, 0.2) is 0 Å². The Morgan fingerprint density at radius 2 is 2.05 bits per heavy atom. The van der Waals surface area contributed by atoms with Crippen molar-refractivity contribution in [3.8, 4) is 0 Å². The summed E-state index contributed by atoms with van der Waals surface area (Å²) in [5, 5.41) is 12.4. The second-order valence-electron chi connectivity index (χ2n) is 6.85. The van der Waals surface area contributed by atoms with Gasteiger partial charge in [-0.25, -0.2) is 0 Å². The van der Waals surface area contributed by atoms with Crippen LogP contribution in [0, 0.1) is 11.8 Å². The third-order valence-electron chi connectivity index (χ3n) is 4.95. The van der Waals surface area contributed by atoms with Crippen LogP contribution in [0.25, 0.3) is 0 Å². The SMILES string of the molecule is CCC(C)(C)NC(=O)CN1CC2CCCC2C1C(=O)O. The monoisotopic (exact) mass is 282 g/mol. The second kappa shape index (κ2) is 5.72. The zero-order chi connectivity index (χ0) is 14.9. The van der Waals surface area contributed by atoms with Gasteiger partial charge in [0.2, 0.25) is 5.91 Å². The van der Waals surface area contributed by atoms with Crippen molar-refractivity contribution in [1.29, 1.82) is 0 Å². The molecule has 0 bridgehead atoms. The van der Waals surface area contributed by atoms with Crippen LogP contribution >= 0.6 is 0 Å². The molecule has 5 heteroatoms. The van der Waals surface area contributed by atoms with E-state index >= 15 is 0 Å². The first-order valence-electron chi connectivity index (χ1n) is 7.62. The van der Waals surface area contributed by atoms with E-state index in [2.05, 4.69) is 5.32 Å². The van der Waals surface area contributed by atoms with Gasteiger partial charge >= 0.3 is 5.97 Å². The molecule has 5 nitrogen and oxygen atoms in total. The molecule has 1 amide bonds. The van der Waals surface area contributed by atoms with Gasteiger partial charge in [-0.15, -0.1) is 0 Å². The molecule has 0 radical (unpaired) electrons. The molecular weight excluding hydrogens is 256 g/mol. The highest BCUT2D eigenvalue weighted by Crippen LogP contribution is 2.42. The van der Waals surface area contributed by atoms with Gasteiger partial charge in [-0.1, -0.05) is 13.3 Å². The number of nitrogens with one attached hydrogen (secondary N) is 1. The first-order chi connectivity index (χ1) is 9.34. The van der Waals surface area contributed by atoms with Crippen LogP contribution in [-0.2, 0) is 9.59 Å². The highest BCUT2D eigenvalue weighted by Gasteiger charge is 2.48. The maximum Gasteiger partial charge on any atom is 0.321 e. The Hall–Kier alpha value is -1.10. The number of carboxylic acid groups (broad SMARTS) is 1. The summed E-state index contributed by atoms with van der Waals surface area (Å²) in [6, 6.07) is -0.474.